The first-order valence-corrected chi connectivity index (χ1v) is 9.00. The van der Waals surface area contributed by atoms with Gasteiger partial charge in [0.25, 0.3) is 5.91 Å². The van der Waals surface area contributed by atoms with Crippen LogP contribution < -0.4 is 5.32 Å². The number of carbonyl (C=O) groups excluding carboxylic acids is 2. The average Bonchev–Trinajstić information content (AvgIpc) is 3.13. The number of carbonyl (C=O) groups is 2. The van der Waals surface area contributed by atoms with Crippen molar-refractivity contribution in [1.82, 2.24) is 4.98 Å². The molecule has 0 aliphatic carbocycles. The first-order chi connectivity index (χ1) is 13.4. The van der Waals surface area contributed by atoms with Crippen molar-refractivity contribution in [2.75, 3.05) is 5.32 Å². The van der Waals surface area contributed by atoms with E-state index in [-0.39, 0.29) is 12.3 Å². The Bertz CT molecular complexity index is 959. The van der Waals surface area contributed by atoms with Gasteiger partial charge in [0.05, 0.1) is 12.1 Å². The second-order valence-corrected chi connectivity index (χ2v) is 6.57. The van der Waals surface area contributed by atoms with E-state index in [1.54, 1.807) is 6.92 Å². The number of anilines is 1. The van der Waals surface area contributed by atoms with Gasteiger partial charge < -0.3 is 14.5 Å². The molecule has 2 aromatic carbocycles. The second kappa shape index (κ2) is 8.52. The molecule has 144 valence electrons. The molecule has 28 heavy (non-hydrogen) atoms. The summed E-state index contributed by atoms with van der Waals surface area (Å²) in [5, 5.41) is 2.82. The van der Waals surface area contributed by atoms with Crippen molar-refractivity contribution in [2.45, 2.75) is 33.3 Å². The van der Waals surface area contributed by atoms with Gasteiger partial charge in [0.2, 0.25) is 5.89 Å². The van der Waals surface area contributed by atoms with Crippen LogP contribution in [0.2, 0.25) is 0 Å². The maximum atomic E-state index is 12.4. The monoisotopic (exact) mass is 378 g/mol. The minimum atomic E-state index is -0.924. The van der Waals surface area contributed by atoms with Gasteiger partial charge >= 0.3 is 5.97 Å². The molecule has 1 amide bonds. The average molecular weight is 378 g/mol. The quantitative estimate of drug-likeness (QED) is 0.654. The minimum Gasteiger partial charge on any atom is -0.452 e. The molecule has 6 nitrogen and oxygen atoms in total. The third-order valence-electron chi connectivity index (χ3n) is 4.30. The predicted octanol–water partition coefficient (Wildman–Crippen LogP) is 4.07. The van der Waals surface area contributed by atoms with Crippen LogP contribution in [0.1, 0.15) is 23.7 Å². The Hall–Kier alpha value is -3.41. The number of ether oxygens (including phenoxy) is 1. The van der Waals surface area contributed by atoms with Crippen LogP contribution in [-0.2, 0) is 20.7 Å². The summed E-state index contributed by atoms with van der Waals surface area (Å²) in [6.45, 7) is 5.36. The van der Waals surface area contributed by atoms with Crippen molar-refractivity contribution in [1.29, 1.82) is 0 Å². The number of rotatable bonds is 6. The fraction of sp³-hybridized carbons (Fsp3) is 0.227. The lowest BCUT2D eigenvalue weighted by molar-refractivity contribution is -0.152. The Morgan fingerprint density at radius 2 is 1.75 bits per heavy atom. The summed E-state index contributed by atoms with van der Waals surface area (Å²) in [4.78, 5) is 28.8. The van der Waals surface area contributed by atoms with E-state index in [0.717, 1.165) is 22.4 Å². The van der Waals surface area contributed by atoms with E-state index < -0.39 is 12.1 Å². The lowest BCUT2D eigenvalue weighted by atomic mass is 10.1. The number of hydrogen-bond acceptors (Lipinski definition) is 5. The summed E-state index contributed by atoms with van der Waals surface area (Å²) in [5.41, 5.74) is 3.90. The van der Waals surface area contributed by atoms with Crippen LogP contribution >= 0.6 is 0 Å². The zero-order chi connectivity index (χ0) is 20.1. The third-order valence-corrected chi connectivity index (χ3v) is 4.30. The Labute approximate surface area is 163 Å². The molecule has 0 aliphatic rings. The molecule has 1 atom stereocenters. The number of nitrogens with one attached hydrogen (secondary N) is 1. The summed E-state index contributed by atoms with van der Waals surface area (Å²) < 4.78 is 10.7. The van der Waals surface area contributed by atoms with E-state index in [0.29, 0.717) is 11.6 Å². The van der Waals surface area contributed by atoms with Crippen molar-refractivity contribution in [3.8, 4) is 11.5 Å². The molecule has 0 bridgehead atoms. The van der Waals surface area contributed by atoms with Crippen molar-refractivity contribution >= 4 is 17.6 Å². The van der Waals surface area contributed by atoms with Crippen LogP contribution in [0.3, 0.4) is 0 Å². The molecule has 6 heteroatoms. The number of aromatic nitrogens is 1. The molecule has 1 aromatic heterocycles. The summed E-state index contributed by atoms with van der Waals surface area (Å²) in [6.07, 6.45) is 0.425. The number of para-hydroxylation sites is 1. The molecule has 0 saturated heterocycles. The Morgan fingerprint density at radius 3 is 2.43 bits per heavy atom. The van der Waals surface area contributed by atoms with E-state index in [9.17, 15) is 9.59 Å². The Kier molecular flexibility index (Phi) is 5.89. The van der Waals surface area contributed by atoms with Crippen LogP contribution in [0.25, 0.3) is 11.5 Å². The highest BCUT2D eigenvalue weighted by molar-refractivity contribution is 5.96. The number of amides is 1. The lowest BCUT2D eigenvalue weighted by Crippen LogP contribution is -2.31. The summed E-state index contributed by atoms with van der Waals surface area (Å²) >= 11 is 0. The summed E-state index contributed by atoms with van der Waals surface area (Å²) in [7, 11) is 0. The largest absolute Gasteiger partial charge is 0.452 e. The fourth-order valence-electron chi connectivity index (χ4n) is 2.78. The first-order valence-electron chi connectivity index (χ1n) is 9.00. The maximum absolute atomic E-state index is 12.4. The molecule has 1 heterocycles. The van der Waals surface area contributed by atoms with Gasteiger partial charge in [0.15, 0.2) is 6.10 Å². The van der Waals surface area contributed by atoms with Crippen LogP contribution in [0.5, 0.6) is 0 Å². The number of oxazole rings is 1. The maximum Gasteiger partial charge on any atom is 0.312 e. The normalized spacial score (nSPS) is 11.7. The minimum absolute atomic E-state index is 0.0721. The van der Waals surface area contributed by atoms with Crippen molar-refractivity contribution in [2.24, 2.45) is 0 Å². The Balaban J connectivity index is 1.57. The zero-order valence-electron chi connectivity index (χ0n) is 16.1. The standard InChI is InChI=1S/C22H22N2O4/c1-14-8-7-9-15(2)20(14)24-21(26)16(3)28-19(25)12-18-13-27-22(23-18)17-10-5-4-6-11-17/h4-11,13,16H,12H2,1-3H3,(H,24,26). The van der Waals surface area contributed by atoms with Gasteiger partial charge in [-0.1, -0.05) is 36.4 Å². The molecule has 0 saturated carbocycles. The highest BCUT2D eigenvalue weighted by Crippen LogP contribution is 2.20. The second-order valence-electron chi connectivity index (χ2n) is 6.57. The van der Waals surface area contributed by atoms with E-state index in [1.807, 2.05) is 62.4 Å². The number of hydrogen-bond donors (Lipinski definition) is 1. The van der Waals surface area contributed by atoms with E-state index in [4.69, 9.17) is 9.15 Å². The highest BCUT2D eigenvalue weighted by Gasteiger charge is 2.20. The molecule has 1 unspecified atom stereocenters. The first kappa shape index (κ1) is 19.4. The molecule has 0 spiro atoms. The molecule has 3 aromatic rings. The third kappa shape index (κ3) is 4.65. The van der Waals surface area contributed by atoms with Gasteiger partial charge in [0, 0.05) is 11.3 Å². The molecular weight excluding hydrogens is 356 g/mol. The lowest BCUT2D eigenvalue weighted by Gasteiger charge is -2.16. The molecular formula is C22H22N2O4. The predicted molar refractivity (Wildman–Crippen MR) is 106 cm³/mol. The van der Waals surface area contributed by atoms with E-state index in [1.165, 1.54) is 6.26 Å². The zero-order valence-corrected chi connectivity index (χ0v) is 16.1. The van der Waals surface area contributed by atoms with Crippen molar-refractivity contribution in [3.63, 3.8) is 0 Å². The van der Waals surface area contributed by atoms with Gasteiger partial charge in [-0.2, -0.15) is 0 Å². The molecule has 1 N–H and O–H groups in total. The van der Waals surface area contributed by atoms with Crippen LogP contribution in [0.15, 0.2) is 59.2 Å². The van der Waals surface area contributed by atoms with Gasteiger partial charge in [-0.15, -0.1) is 0 Å². The number of nitrogens with zero attached hydrogens (tertiary/aromatic N) is 1. The van der Waals surface area contributed by atoms with Crippen LogP contribution in [0, 0.1) is 13.8 Å². The van der Waals surface area contributed by atoms with E-state index in [2.05, 4.69) is 10.3 Å². The van der Waals surface area contributed by atoms with Crippen molar-refractivity contribution in [3.05, 3.63) is 71.6 Å². The summed E-state index contributed by atoms with van der Waals surface area (Å²) in [6, 6.07) is 15.1. The molecule has 0 fully saturated rings. The number of esters is 1. The topological polar surface area (TPSA) is 81.4 Å². The van der Waals surface area contributed by atoms with Crippen LogP contribution in [0.4, 0.5) is 5.69 Å². The highest BCUT2D eigenvalue weighted by atomic mass is 16.5. The molecule has 0 radical (unpaired) electrons. The Morgan fingerprint density at radius 1 is 1.07 bits per heavy atom. The number of benzene rings is 2. The van der Waals surface area contributed by atoms with Gasteiger partial charge in [-0.05, 0) is 44.0 Å². The van der Waals surface area contributed by atoms with Crippen LogP contribution in [-0.4, -0.2) is 23.0 Å². The van der Waals surface area contributed by atoms with Gasteiger partial charge in [-0.25, -0.2) is 4.98 Å². The number of aryl methyl sites for hydroxylation is 2. The van der Waals surface area contributed by atoms with E-state index >= 15 is 0 Å². The van der Waals surface area contributed by atoms with Crippen molar-refractivity contribution < 1.29 is 18.7 Å². The SMILES string of the molecule is Cc1cccc(C)c1NC(=O)C(C)OC(=O)Cc1coc(-c2ccccc2)n1. The van der Waals surface area contributed by atoms with Gasteiger partial charge in [0.1, 0.15) is 6.26 Å². The molecule has 0 aliphatic heterocycles. The summed E-state index contributed by atoms with van der Waals surface area (Å²) in [5.74, 6) is -0.489. The fourth-order valence-corrected chi connectivity index (χ4v) is 2.78. The molecule has 3 rings (SSSR count). The smallest absolute Gasteiger partial charge is 0.312 e. The van der Waals surface area contributed by atoms with Gasteiger partial charge in [-0.3, -0.25) is 9.59 Å².